The first-order valence-electron chi connectivity index (χ1n) is 6.94. The molecule has 0 unspecified atom stereocenters. The molecule has 94 valence electrons. The minimum Gasteiger partial charge on any atom is -0.389 e. The molecule has 2 rings (SSSR count). The van der Waals surface area contributed by atoms with Crippen LogP contribution in [0.5, 0.6) is 0 Å². The molecule has 0 amide bonds. The quantitative estimate of drug-likeness (QED) is 0.671. The van der Waals surface area contributed by atoms with E-state index in [-0.39, 0.29) is 5.60 Å². The Balaban J connectivity index is 1.48. The van der Waals surface area contributed by atoms with E-state index in [0.717, 1.165) is 25.9 Å². The van der Waals surface area contributed by atoms with Gasteiger partial charge in [-0.15, -0.1) is 0 Å². The van der Waals surface area contributed by atoms with Crippen LogP contribution < -0.4 is 5.32 Å². The van der Waals surface area contributed by atoms with Crippen LogP contribution in [0.15, 0.2) is 0 Å². The Hall–Kier alpha value is -0.120. The highest BCUT2D eigenvalue weighted by Crippen LogP contribution is 2.28. The molecule has 0 aromatic rings. The summed E-state index contributed by atoms with van der Waals surface area (Å²) in [5.41, 5.74) is -0.381. The van der Waals surface area contributed by atoms with Crippen LogP contribution in [0, 0.1) is 0 Å². The number of hydrogen-bond donors (Lipinski definition) is 2. The lowest BCUT2D eigenvalue weighted by Crippen LogP contribution is -2.38. The molecule has 1 heterocycles. The number of aliphatic hydroxyl groups is 1. The Morgan fingerprint density at radius 3 is 2.44 bits per heavy atom. The molecular weight excluding hydrogens is 200 g/mol. The fourth-order valence-electron chi connectivity index (χ4n) is 2.96. The molecule has 1 aliphatic heterocycles. The highest BCUT2D eigenvalue weighted by Gasteiger charge is 2.30. The highest BCUT2D eigenvalue weighted by atomic mass is 16.3. The molecule has 2 aliphatic rings. The van der Waals surface area contributed by atoms with Gasteiger partial charge in [-0.2, -0.15) is 0 Å². The van der Waals surface area contributed by atoms with Gasteiger partial charge in [-0.3, -0.25) is 0 Å². The third-order valence-electron chi connectivity index (χ3n) is 4.01. The summed E-state index contributed by atoms with van der Waals surface area (Å²) in [6.45, 7) is 5.67. The van der Waals surface area contributed by atoms with Crippen LogP contribution in [0.2, 0.25) is 0 Å². The molecule has 3 heteroatoms. The summed E-state index contributed by atoms with van der Waals surface area (Å²) in [4.78, 5) is 2.55. The van der Waals surface area contributed by atoms with E-state index < -0.39 is 0 Å². The van der Waals surface area contributed by atoms with E-state index >= 15 is 0 Å². The molecule has 2 N–H and O–H groups in total. The van der Waals surface area contributed by atoms with Crippen LogP contribution in [0.3, 0.4) is 0 Å². The van der Waals surface area contributed by atoms with Crippen molar-refractivity contribution in [2.75, 3.05) is 32.7 Å². The predicted molar refractivity (Wildman–Crippen MR) is 66.6 cm³/mol. The zero-order valence-electron chi connectivity index (χ0n) is 10.4. The Morgan fingerprint density at radius 1 is 1.06 bits per heavy atom. The summed E-state index contributed by atoms with van der Waals surface area (Å²) in [7, 11) is 0. The molecule has 0 aromatic carbocycles. The second-order valence-electron chi connectivity index (χ2n) is 5.51. The SMILES string of the molecule is OC1(CNCCCN2CCCC2)CCCC1. The van der Waals surface area contributed by atoms with Gasteiger partial charge in [0, 0.05) is 6.54 Å². The molecule has 0 bridgehead atoms. The summed E-state index contributed by atoms with van der Waals surface area (Å²) < 4.78 is 0. The predicted octanol–water partition coefficient (Wildman–Crippen LogP) is 1.37. The van der Waals surface area contributed by atoms with Crippen molar-refractivity contribution in [1.29, 1.82) is 0 Å². The molecule has 1 aliphatic carbocycles. The maximum absolute atomic E-state index is 10.1. The molecule has 1 saturated carbocycles. The van der Waals surface area contributed by atoms with Crippen molar-refractivity contribution in [1.82, 2.24) is 10.2 Å². The van der Waals surface area contributed by atoms with Crippen molar-refractivity contribution in [3.8, 4) is 0 Å². The zero-order valence-corrected chi connectivity index (χ0v) is 10.4. The number of hydrogen-bond acceptors (Lipinski definition) is 3. The third-order valence-corrected chi connectivity index (χ3v) is 4.01. The number of likely N-dealkylation sites (tertiary alicyclic amines) is 1. The molecule has 2 fully saturated rings. The van der Waals surface area contributed by atoms with E-state index in [1.165, 1.54) is 51.7 Å². The number of rotatable bonds is 6. The second kappa shape index (κ2) is 5.99. The summed E-state index contributed by atoms with van der Waals surface area (Å²) in [5.74, 6) is 0. The minimum atomic E-state index is -0.381. The van der Waals surface area contributed by atoms with Gasteiger partial charge in [0.05, 0.1) is 5.60 Å². The Morgan fingerprint density at radius 2 is 1.75 bits per heavy atom. The molecule has 3 nitrogen and oxygen atoms in total. The first-order chi connectivity index (χ1) is 7.79. The summed E-state index contributed by atoms with van der Waals surface area (Å²) >= 11 is 0. The Kier molecular flexibility index (Phi) is 4.62. The molecule has 0 radical (unpaired) electrons. The number of nitrogens with zero attached hydrogens (tertiary/aromatic N) is 1. The van der Waals surface area contributed by atoms with Gasteiger partial charge >= 0.3 is 0 Å². The summed E-state index contributed by atoms with van der Waals surface area (Å²) in [5, 5.41) is 13.5. The van der Waals surface area contributed by atoms with Crippen LogP contribution in [0.1, 0.15) is 44.9 Å². The van der Waals surface area contributed by atoms with Crippen molar-refractivity contribution in [2.24, 2.45) is 0 Å². The van der Waals surface area contributed by atoms with Gasteiger partial charge in [-0.05, 0) is 58.3 Å². The topological polar surface area (TPSA) is 35.5 Å². The van der Waals surface area contributed by atoms with Gasteiger partial charge in [0.15, 0.2) is 0 Å². The van der Waals surface area contributed by atoms with Gasteiger partial charge < -0.3 is 15.3 Å². The first-order valence-corrected chi connectivity index (χ1v) is 6.94. The van der Waals surface area contributed by atoms with E-state index in [9.17, 15) is 5.11 Å². The standard InChI is InChI=1S/C13H26N2O/c16-13(6-1-2-7-13)12-14-8-5-11-15-9-3-4-10-15/h14,16H,1-12H2. The second-order valence-corrected chi connectivity index (χ2v) is 5.51. The van der Waals surface area contributed by atoms with Crippen molar-refractivity contribution in [2.45, 2.75) is 50.5 Å². The van der Waals surface area contributed by atoms with Gasteiger partial charge in [-0.1, -0.05) is 12.8 Å². The third kappa shape index (κ3) is 3.72. The van der Waals surface area contributed by atoms with Crippen LogP contribution in [-0.2, 0) is 0 Å². The maximum atomic E-state index is 10.1. The van der Waals surface area contributed by atoms with E-state index in [0.29, 0.717) is 0 Å². The van der Waals surface area contributed by atoms with Gasteiger partial charge in [0.1, 0.15) is 0 Å². The van der Waals surface area contributed by atoms with Crippen molar-refractivity contribution in [3.05, 3.63) is 0 Å². The van der Waals surface area contributed by atoms with E-state index in [2.05, 4.69) is 10.2 Å². The van der Waals surface area contributed by atoms with Crippen LogP contribution in [0.4, 0.5) is 0 Å². The largest absolute Gasteiger partial charge is 0.389 e. The van der Waals surface area contributed by atoms with Crippen molar-refractivity contribution < 1.29 is 5.11 Å². The van der Waals surface area contributed by atoms with Gasteiger partial charge in [-0.25, -0.2) is 0 Å². The average molecular weight is 226 g/mol. The Labute approximate surface area is 99.2 Å². The maximum Gasteiger partial charge on any atom is 0.0771 e. The normalized spacial score (nSPS) is 25.3. The fourth-order valence-corrected chi connectivity index (χ4v) is 2.96. The monoisotopic (exact) mass is 226 g/mol. The number of nitrogens with one attached hydrogen (secondary N) is 1. The zero-order chi connectivity index (χ0) is 11.3. The molecular formula is C13H26N2O. The van der Waals surface area contributed by atoms with Crippen molar-refractivity contribution >= 4 is 0 Å². The minimum absolute atomic E-state index is 0.381. The summed E-state index contributed by atoms with van der Waals surface area (Å²) in [6, 6.07) is 0. The lowest BCUT2D eigenvalue weighted by molar-refractivity contribution is 0.0477. The molecule has 1 saturated heterocycles. The van der Waals surface area contributed by atoms with E-state index in [4.69, 9.17) is 0 Å². The van der Waals surface area contributed by atoms with E-state index in [1.807, 2.05) is 0 Å². The smallest absolute Gasteiger partial charge is 0.0771 e. The van der Waals surface area contributed by atoms with Gasteiger partial charge in [0.25, 0.3) is 0 Å². The van der Waals surface area contributed by atoms with Crippen LogP contribution in [-0.4, -0.2) is 48.3 Å². The highest BCUT2D eigenvalue weighted by molar-refractivity contribution is 4.86. The molecule has 0 aromatic heterocycles. The molecule has 0 atom stereocenters. The fraction of sp³-hybridized carbons (Fsp3) is 1.00. The van der Waals surface area contributed by atoms with Gasteiger partial charge in [0.2, 0.25) is 0 Å². The Bertz CT molecular complexity index is 196. The summed E-state index contributed by atoms with van der Waals surface area (Å²) in [6.07, 6.45) is 8.37. The van der Waals surface area contributed by atoms with Crippen molar-refractivity contribution in [3.63, 3.8) is 0 Å². The van der Waals surface area contributed by atoms with Crippen LogP contribution >= 0.6 is 0 Å². The lowest BCUT2D eigenvalue weighted by atomic mass is 10.0. The van der Waals surface area contributed by atoms with Crippen LogP contribution in [0.25, 0.3) is 0 Å². The average Bonchev–Trinajstić information content (AvgIpc) is 2.89. The first kappa shape index (κ1) is 12.3. The van der Waals surface area contributed by atoms with E-state index in [1.54, 1.807) is 0 Å². The lowest BCUT2D eigenvalue weighted by Gasteiger charge is -2.22. The molecule has 0 spiro atoms. The molecule has 16 heavy (non-hydrogen) atoms.